The Morgan fingerprint density at radius 2 is 2.15 bits per heavy atom. The van der Waals surface area contributed by atoms with Crippen molar-refractivity contribution in [1.82, 2.24) is 9.62 Å². The van der Waals surface area contributed by atoms with E-state index >= 15 is 0 Å². The molecular formula is C12H19BrN2O3S2. The molecule has 114 valence electrons. The van der Waals surface area contributed by atoms with E-state index in [0.29, 0.717) is 10.8 Å². The Balaban J connectivity index is 1.96. The summed E-state index contributed by atoms with van der Waals surface area (Å²) >= 11 is 4.60. The van der Waals surface area contributed by atoms with Crippen LogP contribution >= 0.6 is 27.3 Å². The van der Waals surface area contributed by atoms with Crippen LogP contribution in [0.1, 0.15) is 12.5 Å². The lowest BCUT2D eigenvalue weighted by atomic mass is 10.3. The number of rotatable bonds is 5. The van der Waals surface area contributed by atoms with Gasteiger partial charge in [0.2, 0.25) is 10.0 Å². The van der Waals surface area contributed by atoms with Crippen molar-refractivity contribution in [2.75, 3.05) is 32.8 Å². The lowest BCUT2D eigenvalue weighted by Crippen LogP contribution is -2.45. The molecule has 0 aromatic carbocycles. The summed E-state index contributed by atoms with van der Waals surface area (Å²) in [6.07, 6.45) is 0. The smallest absolute Gasteiger partial charge is 0.250 e. The number of hydrogen-bond donors (Lipinski definition) is 1. The van der Waals surface area contributed by atoms with Gasteiger partial charge in [-0.2, -0.15) is 0 Å². The maximum atomic E-state index is 12.3. The first-order valence-electron chi connectivity index (χ1n) is 6.47. The summed E-state index contributed by atoms with van der Waals surface area (Å²) in [7, 11) is -3.43. The van der Waals surface area contributed by atoms with E-state index in [1.165, 1.54) is 11.3 Å². The largest absolute Gasteiger partial charge is 0.379 e. The molecule has 20 heavy (non-hydrogen) atoms. The third kappa shape index (κ3) is 4.25. The van der Waals surface area contributed by atoms with Gasteiger partial charge < -0.3 is 4.74 Å². The van der Waals surface area contributed by atoms with Gasteiger partial charge in [0.1, 0.15) is 4.21 Å². The Hall–Kier alpha value is 0.01000. The molecule has 0 amide bonds. The molecule has 1 atom stereocenters. The van der Waals surface area contributed by atoms with Gasteiger partial charge in [-0.15, -0.1) is 11.3 Å². The van der Waals surface area contributed by atoms with Crippen molar-refractivity contribution >= 4 is 37.3 Å². The number of morpholine rings is 1. The second kappa shape index (κ2) is 6.85. The zero-order valence-corrected chi connectivity index (χ0v) is 14.8. The van der Waals surface area contributed by atoms with Gasteiger partial charge in [-0.05, 0) is 41.4 Å². The first-order valence-corrected chi connectivity index (χ1v) is 9.56. The van der Waals surface area contributed by atoms with Crippen molar-refractivity contribution in [2.24, 2.45) is 0 Å². The zero-order chi connectivity index (χ0) is 14.8. The molecule has 1 N–H and O–H groups in total. The fourth-order valence-electron chi connectivity index (χ4n) is 2.10. The number of nitrogens with zero attached hydrogens (tertiary/aromatic N) is 1. The van der Waals surface area contributed by atoms with Gasteiger partial charge in [0.15, 0.2) is 0 Å². The SMILES string of the molecule is Cc1cc(S(=O)(=O)NC(C)CN2CCOCC2)sc1Br. The molecule has 5 nitrogen and oxygen atoms in total. The fourth-order valence-corrected chi connectivity index (χ4v) is 5.57. The summed E-state index contributed by atoms with van der Waals surface area (Å²) in [4.78, 5) is 2.21. The van der Waals surface area contributed by atoms with Crippen LogP contribution in [0.4, 0.5) is 0 Å². The molecule has 0 aliphatic carbocycles. The molecule has 2 rings (SSSR count). The molecule has 2 heterocycles. The van der Waals surface area contributed by atoms with E-state index in [1.807, 2.05) is 13.8 Å². The summed E-state index contributed by atoms with van der Waals surface area (Å²) in [6.45, 7) is 7.63. The monoisotopic (exact) mass is 382 g/mol. The van der Waals surface area contributed by atoms with E-state index in [1.54, 1.807) is 6.07 Å². The average Bonchev–Trinajstić information content (AvgIpc) is 2.71. The van der Waals surface area contributed by atoms with Gasteiger partial charge in [-0.1, -0.05) is 0 Å². The summed E-state index contributed by atoms with van der Waals surface area (Å²) in [5.41, 5.74) is 0.941. The number of ether oxygens (including phenoxy) is 1. The van der Waals surface area contributed by atoms with E-state index in [9.17, 15) is 8.42 Å². The number of thiophene rings is 1. The van der Waals surface area contributed by atoms with Crippen LogP contribution < -0.4 is 4.72 Å². The summed E-state index contributed by atoms with van der Waals surface area (Å²) in [5, 5.41) is 0. The van der Waals surface area contributed by atoms with E-state index < -0.39 is 10.0 Å². The average molecular weight is 383 g/mol. The predicted molar refractivity (Wildman–Crippen MR) is 83.8 cm³/mol. The van der Waals surface area contributed by atoms with Gasteiger partial charge in [0, 0.05) is 25.7 Å². The summed E-state index contributed by atoms with van der Waals surface area (Å²) < 4.78 is 33.8. The Morgan fingerprint density at radius 3 is 2.70 bits per heavy atom. The Kier molecular flexibility index (Phi) is 5.61. The van der Waals surface area contributed by atoms with Gasteiger partial charge in [0.25, 0.3) is 0 Å². The first-order chi connectivity index (χ1) is 9.38. The number of halogens is 1. The lowest BCUT2D eigenvalue weighted by Gasteiger charge is -2.29. The van der Waals surface area contributed by atoms with Crippen molar-refractivity contribution in [1.29, 1.82) is 0 Å². The minimum Gasteiger partial charge on any atom is -0.379 e. The minimum atomic E-state index is -3.43. The normalized spacial score (nSPS) is 19.1. The maximum Gasteiger partial charge on any atom is 0.250 e. The van der Waals surface area contributed by atoms with Crippen LogP contribution in [-0.4, -0.2) is 52.2 Å². The van der Waals surface area contributed by atoms with E-state index in [2.05, 4.69) is 25.6 Å². The lowest BCUT2D eigenvalue weighted by molar-refractivity contribution is 0.0354. The molecule has 1 aromatic rings. The molecular weight excluding hydrogens is 364 g/mol. The quantitative estimate of drug-likeness (QED) is 0.843. The van der Waals surface area contributed by atoms with Crippen molar-refractivity contribution in [3.8, 4) is 0 Å². The van der Waals surface area contributed by atoms with E-state index in [0.717, 1.165) is 35.7 Å². The molecule has 0 radical (unpaired) electrons. The molecule has 1 aliphatic heterocycles. The summed E-state index contributed by atoms with van der Waals surface area (Å²) in [5.74, 6) is 0. The molecule has 0 bridgehead atoms. The highest BCUT2D eigenvalue weighted by Crippen LogP contribution is 2.30. The highest BCUT2D eigenvalue weighted by atomic mass is 79.9. The molecule has 1 aliphatic rings. The standard InChI is InChI=1S/C12H19BrN2O3S2/c1-9-7-11(19-12(9)13)20(16,17)14-10(2)8-15-3-5-18-6-4-15/h7,10,14H,3-6,8H2,1-2H3. The first kappa shape index (κ1) is 16.4. The summed E-state index contributed by atoms with van der Waals surface area (Å²) in [6, 6.07) is 1.57. The third-order valence-corrected chi connectivity index (χ3v) is 7.29. The van der Waals surface area contributed by atoms with Crippen LogP contribution in [0.15, 0.2) is 14.1 Å². The van der Waals surface area contributed by atoms with Crippen molar-refractivity contribution < 1.29 is 13.2 Å². The second-order valence-electron chi connectivity index (χ2n) is 4.96. The van der Waals surface area contributed by atoms with E-state index in [4.69, 9.17) is 4.74 Å². The molecule has 0 saturated carbocycles. The second-order valence-corrected chi connectivity index (χ2v) is 9.27. The number of sulfonamides is 1. The van der Waals surface area contributed by atoms with Crippen LogP contribution in [0, 0.1) is 6.92 Å². The minimum absolute atomic E-state index is 0.126. The third-order valence-electron chi connectivity index (χ3n) is 3.09. The van der Waals surface area contributed by atoms with Gasteiger partial charge >= 0.3 is 0 Å². The Morgan fingerprint density at radius 1 is 1.50 bits per heavy atom. The van der Waals surface area contributed by atoms with Crippen LogP contribution in [-0.2, 0) is 14.8 Å². The van der Waals surface area contributed by atoms with E-state index in [-0.39, 0.29) is 6.04 Å². The Labute approximate surface area is 132 Å². The van der Waals surface area contributed by atoms with Gasteiger partial charge in [0.05, 0.1) is 17.0 Å². The van der Waals surface area contributed by atoms with Crippen molar-refractivity contribution in [3.63, 3.8) is 0 Å². The molecule has 1 aromatic heterocycles. The van der Waals surface area contributed by atoms with Crippen LogP contribution in [0.5, 0.6) is 0 Å². The highest BCUT2D eigenvalue weighted by Gasteiger charge is 2.22. The highest BCUT2D eigenvalue weighted by molar-refractivity contribution is 9.11. The van der Waals surface area contributed by atoms with Crippen LogP contribution in [0.25, 0.3) is 0 Å². The molecule has 1 fully saturated rings. The zero-order valence-electron chi connectivity index (χ0n) is 11.6. The fraction of sp³-hybridized carbons (Fsp3) is 0.667. The van der Waals surface area contributed by atoms with Crippen molar-refractivity contribution in [3.05, 3.63) is 15.4 Å². The van der Waals surface area contributed by atoms with Gasteiger partial charge in [-0.25, -0.2) is 13.1 Å². The topological polar surface area (TPSA) is 58.6 Å². The number of nitrogens with one attached hydrogen (secondary N) is 1. The van der Waals surface area contributed by atoms with Crippen LogP contribution in [0.3, 0.4) is 0 Å². The van der Waals surface area contributed by atoms with Crippen LogP contribution in [0.2, 0.25) is 0 Å². The predicted octanol–water partition coefficient (Wildman–Crippen LogP) is 1.82. The van der Waals surface area contributed by atoms with Crippen molar-refractivity contribution in [2.45, 2.75) is 24.1 Å². The molecule has 8 heteroatoms. The maximum absolute atomic E-state index is 12.3. The Bertz CT molecular complexity index is 534. The number of hydrogen-bond acceptors (Lipinski definition) is 5. The van der Waals surface area contributed by atoms with Gasteiger partial charge in [-0.3, -0.25) is 4.90 Å². The number of aryl methyl sites for hydroxylation is 1. The molecule has 0 spiro atoms. The molecule has 1 unspecified atom stereocenters. The molecule has 1 saturated heterocycles.